The smallest absolute Gasteiger partial charge is 0.243 e. The number of sulfonamides is 1. The van der Waals surface area contributed by atoms with Crippen molar-refractivity contribution in [3.63, 3.8) is 0 Å². The van der Waals surface area contributed by atoms with E-state index in [2.05, 4.69) is 10.00 Å². The zero-order valence-corrected chi connectivity index (χ0v) is 17.5. The van der Waals surface area contributed by atoms with Gasteiger partial charge >= 0.3 is 0 Å². The maximum Gasteiger partial charge on any atom is 0.243 e. The number of benzene rings is 1. The third kappa shape index (κ3) is 3.88. The van der Waals surface area contributed by atoms with Crippen LogP contribution in [0.25, 0.3) is 0 Å². The minimum absolute atomic E-state index is 0.159. The Morgan fingerprint density at radius 1 is 1.08 bits per heavy atom. The van der Waals surface area contributed by atoms with Crippen LogP contribution in [0.3, 0.4) is 0 Å². The Balaban J connectivity index is 1.68. The Morgan fingerprint density at radius 2 is 1.73 bits per heavy atom. The summed E-state index contributed by atoms with van der Waals surface area (Å²) in [7, 11) is -1.78. The van der Waals surface area contributed by atoms with Crippen molar-refractivity contribution < 1.29 is 8.42 Å². The van der Waals surface area contributed by atoms with Crippen LogP contribution in [0.2, 0.25) is 15.2 Å². The van der Waals surface area contributed by atoms with Crippen molar-refractivity contribution in [3.8, 4) is 0 Å². The van der Waals surface area contributed by atoms with Crippen LogP contribution in [-0.2, 0) is 23.6 Å². The van der Waals surface area contributed by atoms with Crippen LogP contribution < -0.4 is 0 Å². The summed E-state index contributed by atoms with van der Waals surface area (Å²) in [5.41, 5.74) is 1.87. The molecule has 3 rings (SSSR count). The van der Waals surface area contributed by atoms with E-state index >= 15 is 0 Å². The van der Waals surface area contributed by atoms with E-state index in [1.54, 1.807) is 11.7 Å². The van der Waals surface area contributed by atoms with Gasteiger partial charge in [-0.1, -0.05) is 34.8 Å². The monoisotopic (exact) mass is 436 g/mol. The fourth-order valence-corrected chi connectivity index (χ4v) is 5.04. The SMILES string of the molecule is Cc1nn(C)c(Cl)c1CN1CCN(S(=O)(=O)c2ccc(Cl)c(Cl)c2)CC1. The Kier molecular flexibility index (Phi) is 5.86. The number of hydrogen-bond donors (Lipinski definition) is 0. The van der Waals surface area contributed by atoms with E-state index in [1.165, 1.54) is 22.5 Å². The van der Waals surface area contributed by atoms with Gasteiger partial charge in [-0.25, -0.2) is 8.42 Å². The molecule has 0 saturated carbocycles. The van der Waals surface area contributed by atoms with Gasteiger partial charge in [0, 0.05) is 45.3 Å². The van der Waals surface area contributed by atoms with Gasteiger partial charge in [0.05, 0.1) is 20.6 Å². The van der Waals surface area contributed by atoms with Gasteiger partial charge in [-0.15, -0.1) is 0 Å². The maximum atomic E-state index is 12.8. The number of nitrogens with zero attached hydrogens (tertiary/aromatic N) is 4. The minimum Gasteiger partial charge on any atom is -0.296 e. The highest BCUT2D eigenvalue weighted by molar-refractivity contribution is 7.89. The van der Waals surface area contributed by atoms with Crippen molar-refractivity contribution in [2.75, 3.05) is 26.2 Å². The van der Waals surface area contributed by atoms with E-state index in [0.717, 1.165) is 11.3 Å². The standard InChI is InChI=1S/C16H19Cl3N4O2S/c1-11-13(16(19)21(2)20-11)10-22-5-7-23(8-6-22)26(24,25)12-3-4-14(17)15(18)9-12/h3-4,9H,5-8,10H2,1-2H3. The highest BCUT2D eigenvalue weighted by Crippen LogP contribution is 2.27. The fourth-order valence-electron chi connectivity index (χ4n) is 2.99. The van der Waals surface area contributed by atoms with Crippen LogP contribution in [-0.4, -0.2) is 53.6 Å². The summed E-state index contributed by atoms with van der Waals surface area (Å²) in [6.07, 6.45) is 0. The highest BCUT2D eigenvalue weighted by atomic mass is 35.5. The van der Waals surface area contributed by atoms with E-state index in [4.69, 9.17) is 34.8 Å². The van der Waals surface area contributed by atoms with Gasteiger partial charge in [-0.3, -0.25) is 9.58 Å². The van der Waals surface area contributed by atoms with Crippen molar-refractivity contribution in [2.24, 2.45) is 7.05 Å². The van der Waals surface area contributed by atoms with E-state index in [-0.39, 0.29) is 9.92 Å². The molecular formula is C16H19Cl3N4O2S. The maximum absolute atomic E-state index is 12.8. The molecule has 0 N–H and O–H groups in total. The minimum atomic E-state index is -3.59. The van der Waals surface area contributed by atoms with E-state index in [0.29, 0.717) is 42.9 Å². The molecule has 0 amide bonds. The second-order valence-electron chi connectivity index (χ2n) is 6.23. The quantitative estimate of drug-likeness (QED) is 0.737. The summed E-state index contributed by atoms with van der Waals surface area (Å²) < 4.78 is 28.7. The topological polar surface area (TPSA) is 58.4 Å². The molecule has 2 aromatic rings. The molecule has 0 radical (unpaired) electrons. The molecule has 1 aliphatic heterocycles. The lowest BCUT2D eigenvalue weighted by molar-refractivity contribution is 0.181. The average molecular weight is 438 g/mol. The summed E-state index contributed by atoms with van der Waals surface area (Å²) in [5.74, 6) is 0. The molecule has 10 heteroatoms. The first-order chi connectivity index (χ1) is 12.2. The Bertz CT molecular complexity index is 922. The van der Waals surface area contributed by atoms with Gasteiger partial charge in [0.2, 0.25) is 10.0 Å². The zero-order chi connectivity index (χ0) is 19.1. The first kappa shape index (κ1) is 19.9. The molecule has 1 aromatic heterocycles. The predicted molar refractivity (Wildman–Crippen MR) is 103 cm³/mol. The lowest BCUT2D eigenvalue weighted by Crippen LogP contribution is -2.48. The van der Waals surface area contributed by atoms with Gasteiger partial charge in [0.1, 0.15) is 5.15 Å². The van der Waals surface area contributed by atoms with Crippen LogP contribution in [0, 0.1) is 6.92 Å². The number of rotatable bonds is 4. The summed E-state index contributed by atoms with van der Waals surface area (Å²) in [4.78, 5) is 2.34. The van der Waals surface area contributed by atoms with Crippen LogP contribution in [0.5, 0.6) is 0 Å². The molecular weight excluding hydrogens is 419 g/mol. The molecule has 1 aromatic carbocycles. The van der Waals surface area contributed by atoms with Crippen LogP contribution in [0.1, 0.15) is 11.3 Å². The number of aromatic nitrogens is 2. The average Bonchev–Trinajstić information content (AvgIpc) is 2.84. The van der Waals surface area contributed by atoms with Crippen LogP contribution in [0.15, 0.2) is 23.1 Å². The van der Waals surface area contributed by atoms with Crippen LogP contribution >= 0.6 is 34.8 Å². The molecule has 142 valence electrons. The van der Waals surface area contributed by atoms with Gasteiger partial charge in [-0.05, 0) is 25.1 Å². The number of halogens is 3. The summed E-state index contributed by atoms with van der Waals surface area (Å²) in [5, 5.41) is 5.49. The van der Waals surface area contributed by atoms with Gasteiger partial charge in [-0.2, -0.15) is 9.40 Å². The predicted octanol–water partition coefficient (Wildman–Crippen LogP) is 3.20. The van der Waals surface area contributed by atoms with Crippen molar-refractivity contribution >= 4 is 44.8 Å². The van der Waals surface area contributed by atoms with Crippen molar-refractivity contribution in [3.05, 3.63) is 44.7 Å². The fraction of sp³-hybridized carbons (Fsp3) is 0.438. The van der Waals surface area contributed by atoms with Crippen molar-refractivity contribution in [1.29, 1.82) is 0 Å². The second-order valence-corrected chi connectivity index (χ2v) is 9.34. The second kappa shape index (κ2) is 7.66. The first-order valence-corrected chi connectivity index (χ1v) is 10.6. The molecule has 1 saturated heterocycles. The van der Waals surface area contributed by atoms with Gasteiger partial charge in [0.25, 0.3) is 0 Å². The molecule has 0 spiro atoms. The number of hydrogen-bond acceptors (Lipinski definition) is 4. The van der Waals surface area contributed by atoms with E-state index in [9.17, 15) is 8.42 Å². The molecule has 0 unspecified atom stereocenters. The van der Waals surface area contributed by atoms with Gasteiger partial charge in [0.15, 0.2) is 0 Å². The molecule has 0 bridgehead atoms. The van der Waals surface area contributed by atoms with Crippen LogP contribution in [0.4, 0.5) is 0 Å². The third-order valence-corrected chi connectivity index (χ3v) is 7.62. The molecule has 1 aliphatic rings. The summed E-state index contributed by atoms with van der Waals surface area (Å²) >= 11 is 18.1. The number of piperazine rings is 1. The van der Waals surface area contributed by atoms with Crippen molar-refractivity contribution in [1.82, 2.24) is 19.0 Å². The lowest BCUT2D eigenvalue weighted by atomic mass is 10.2. The largest absolute Gasteiger partial charge is 0.296 e. The Hall–Kier alpha value is -0.830. The highest BCUT2D eigenvalue weighted by Gasteiger charge is 2.29. The van der Waals surface area contributed by atoms with E-state index in [1.807, 2.05) is 6.92 Å². The third-order valence-electron chi connectivity index (χ3n) is 4.51. The Morgan fingerprint density at radius 3 is 2.27 bits per heavy atom. The molecule has 0 atom stereocenters. The summed E-state index contributed by atoms with van der Waals surface area (Å²) in [6.45, 7) is 4.61. The summed E-state index contributed by atoms with van der Waals surface area (Å²) in [6, 6.07) is 4.37. The van der Waals surface area contributed by atoms with Crippen molar-refractivity contribution in [2.45, 2.75) is 18.4 Å². The molecule has 26 heavy (non-hydrogen) atoms. The molecule has 6 nitrogen and oxygen atoms in total. The lowest BCUT2D eigenvalue weighted by Gasteiger charge is -2.34. The van der Waals surface area contributed by atoms with Gasteiger partial charge < -0.3 is 0 Å². The zero-order valence-electron chi connectivity index (χ0n) is 14.4. The molecule has 2 heterocycles. The first-order valence-electron chi connectivity index (χ1n) is 8.05. The molecule has 1 fully saturated rings. The normalized spacial score (nSPS) is 17.0. The van der Waals surface area contributed by atoms with E-state index < -0.39 is 10.0 Å². The molecule has 0 aliphatic carbocycles. The Labute approximate surface area is 168 Å². The number of aryl methyl sites for hydroxylation is 2.